The Labute approximate surface area is 102 Å². The van der Waals surface area contributed by atoms with Crippen LogP contribution >= 0.6 is 0 Å². The van der Waals surface area contributed by atoms with Gasteiger partial charge >= 0.3 is 5.97 Å². The molecule has 3 nitrogen and oxygen atoms in total. The van der Waals surface area contributed by atoms with Crippen LogP contribution in [0.1, 0.15) is 32.3 Å². The van der Waals surface area contributed by atoms with Gasteiger partial charge in [-0.3, -0.25) is 4.79 Å². The minimum atomic E-state index is -0.729. The van der Waals surface area contributed by atoms with Crippen LogP contribution in [-0.4, -0.2) is 12.6 Å². The third-order valence-electron chi connectivity index (χ3n) is 2.87. The monoisotopic (exact) mass is 231 g/mol. The first-order valence-corrected chi connectivity index (χ1v) is 5.75. The molecule has 0 spiro atoms. The van der Waals surface area contributed by atoms with Gasteiger partial charge in [-0.2, -0.15) is 5.26 Å². The molecule has 0 radical (unpaired) electrons. The first-order valence-electron chi connectivity index (χ1n) is 5.75. The third-order valence-corrected chi connectivity index (χ3v) is 2.87. The van der Waals surface area contributed by atoms with Crippen LogP contribution in [0.25, 0.3) is 0 Å². The van der Waals surface area contributed by atoms with Crippen LogP contribution in [0, 0.1) is 11.3 Å². The summed E-state index contributed by atoms with van der Waals surface area (Å²) in [5, 5.41) is 8.69. The van der Waals surface area contributed by atoms with Crippen LogP contribution < -0.4 is 0 Å². The molecule has 0 aliphatic rings. The Morgan fingerprint density at radius 3 is 2.59 bits per heavy atom. The van der Waals surface area contributed by atoms with Crippen molar-refractivity contribution in [2.75, 3.05) is 6.61 Å². The number of hydrogen-bond donors (Lipinski definition) is 0. The number of esters is 1. The number of nitrogens with zero attached hydrogens (tertiary/aromatic N) is 1. The average Bonchev–Trinajstić information content (AvgIpc) is 2.37. The Hall–Kier alpha value is -1.82. The number of nitriles is 1. The summed E-state index contributed by atoms with van der Waals surface area (Å²) < 4.78 is 5.11. The second-order valence-electron chi connectivity index (χ2n) is 4.08. The van der Waals surface area contributed by atoms with Gasteiger partial charge < -0.3 is 4.74 Å². The SMILES string of the molecule is CCOC(=O)C(C)(CCC#N)c1ccccc1. The van der Waals surface area contributed by atoms with Gasteiger partial charge in [-0.1, -0.05) is 30.3 Å². The molecule has 0 fully saturated rings. The molecule has 1 rings (SSSR count). The van der Waals surface area contributed by atoms with E-state index in [0.29, 0.717) is 19.4 Å². The number of carbonyl (C=O) groups excluding carboxylic acids is 1. The molecule has 90 valence electrons. The van der Waals surface area contributed by atoms with E-state index in [1.165, 1.54) is 0 Å². The maximum absolute atomic E-state index is 12.0. The molecule has 0 saturated carbocycles. The van der Waals surface area contributed by atoms with Gasteiger partial charge in [0.1, 0.15) is 0 Å². The summed E-state index contributed by atoms with van der Waals surface area (Å²) in [6.07, 6.45) is 0.816. The highest BCUT2D eigenvalue weighted by atomic mass is 16.5. The highest BCUT2D eigenvalue weighted by molar-refractivity contribution is 5.82. The van der Waals surface area contributed by atoms with Crippen molar-refractivity contribution in [1.29, 1.82) is 5.26 Å². The second-order valence-corrected chi connectivity index (χ2v) is 4.08. The molecule has 0 bridgehead atoms. The number of benzene rings is 1. The average molecular weight is 231 g/mol. The molecule has 0 amide bonds. The zero-order chi connectivity index (χ0) is 12.7. The van der Waals surface area contributed by atoms with Gasteiger partial charge in [0.15, 0.2) is 0 Å². The number of rotatable bonds is 5. The summed E-state index contributed by atoms with van der Waals surface area (Å²) >= 11 is 0. The van der Waals surface area contributed by atoms with Crippen molar-refractivity contribution in [2.24, 2.45) is 0 Å². The zero-order valence-electron chi connectivity index (χ0n) is 10.3. The first-order chi connectivity index (χ1) is 8.15. The molecule has 1 aromatic rings. The molecule has 17 heavy (non-hydrogen) atoms. The van der Waals surface area contributed by atoms with E-state index in [2.05, 4.69) is 6.07 Å². The van der Waals surface area contributed by atoms with Crippen molar-refractivity contribution in [3.05, 3.63) is 35.9 Å². The van der Waals surface area contributed by atoms with Crippen LogP contribution in [0.5, 0.6) is 0 Å². The van der Waals surface area contributed by atoms with E-state index in [1.54, 1.807) is 6.92 Å². The van der Waals surface area contributed by atoms with E-state index in [1.807, 2.05) is 37.3 Å². The van der Waals surface area contributed by atoms with Crippen molar-refractivity contribution in [3.63, 3.8) is 0 Å². The summed E-state index contributed by atoms with van der Waals surface area (Å²) in [5.41, 5.74) is 0.168. The van der Waals surface area contributed by atoms with Crippen LogP contribution in [-0.2, 0) is 14.9 Å². The van der Waals surface area contributed by atoms with Crippen LogP contribution in [0.2, 0.25) is 0 Å². The van der Waals surface area contributed by atoms with Gasteiger partial charge in [-0.15, -0.1) is 0 Å². The van der Waals surface area contributed by atoms with Crippen LogP contribution in [0.4, 0.5) is 0 Å². The van der Waals surface area contributed by atoms with E-state index in [9.17, 15) is 4.79 Å². The maximum Gasteiger partial charge on any atom is 0.316 e. The van der Waals surface area contributed by atoms with Gasteiger partial charge in [0.05, 0.1) is 18.1 Å². The minimum absolute atomic E-state index is 0.263. The molecule has 1 atom stereocenters. The Morgan fingerprint density at radius 1 is 1.41 bits per heavy atom. The lowest BCUT2D eigenvalue weighted by Crippen LogP contribution is -2.34. The lowest BCUT2D eigenvalue weighted by molar-refractivity contribution is -0.149. The minimum Gasteiger partial charge on any atom is -0.465 e. The van der Waals surface area contributed by atoms with Gasteiger partial charge in [0.25, 0.3) is 0 Å². The highest BCUT2D eigenvalue weighted by Gasteiger charge is 2.36. The van der Waals surface area contributed by atoms with Crippen molar-refractivity contribution < 1.29 is 9.53 Å². The summed E-state index contributed by atoms with van der Waals surface area (Å²) in [5.74, 6) is -0.263. The van der Waals surface area contributed by atoms with Gasteiger partial charge in [-0.05, 0) is 25.8 Å². The zero-order valence-corrected chi connectivity index (χ0v) is 10.3. The van der Waals surface area contributed by atoms with Crippen molar-refractivity contribution in [2.45, 2.75) is 32.1 Å². The fourth-order valence-electron chi connectivity index (χ4n) is 1.77. The molecule has 0 aromatic heterocycles. The summed E-state index contributed by atoms with van der Waals surface area (Å²) in [7, 11) is 0. The summed E-state index contributed by atoms with van der Waals surface area (Å²) in [6, 6.07) is 11.6. The molecule has 3 heteroatoms. The standard InChI is InChI=1S/C14H17NO2/c1-3-17-13(16)14(2,10-7-11-15)12-8-5-4-6-9-12/h4-6,8-9H,3,7,10H2,1-2H3. The largest absolute Gasteiger partial charge is 0.465 e. The van der Waals surface area contributed by atoms with E-state index in [0.717, 1.165) is 5.56 Å². The smallest absolute Gasteiger partial charge is 0.316 e. The predicted molar refractivity (Wildman–Crippen MR) is 65.3 cm³/mol. The van der Waals surface area contributed by atoms with Crippen molar-refractivity contribution in [1.82, 2.24) is 0 Å². The van der Waals surface area contributed by atoms with Gasteiger partial charge in [0.2, 0.25) is 0 Å². The van der Waals surface area contributed by atoms with E-state index < -0.39 is 5.41 Å². The number of carbonyl (C=O) groups is 1. The summed E-state index contributed by atoms with van der Waals surface area (Å²) in [4.78, 5) is 12.0. The molecular weight excluding hydrogens is 214 g/mol. The predicted octanol–water partition coefficient (Wildman–Crippen LogP) is 2.81. The fraction of sp³-hybridized carbons (Fsp3) is 0.429. The molecule has 1 aromatic carbocycles. The van der Waals surface area contributed by atoms with Crippen molar-refractivity contribution in [3.8, 4) is 6.07 Å². The lowest BCUT2D eigenvalue weighted by atomic mass is 9.78. The van der Waals surface area contributed by atoms with E-state index >= 15 is 0 Å². The van der Waals surface area contributed by atoms with Gasteiger partial charge in [0, 0.05) is 6.42 Å². The molecule has 0 N–H and O–H groups in total. The molecular formula is C14H17NO2. The maximum atomic E-state index is 12.0. The molecule has 0 aliphatic carbocycles. The van der Waals surface area contributed by atoms with Crippen LogP contribution in [0.15, 0.2) is 30.3 Å². The molecule has 0 saturated heterocycles. The Kier molecular flexibility index (Phi) is 4.71. The molecule has 0 aliphatic heterocycles. The number of ether oxygens (including phenoxy) is 1. The topological polar surface area (TPSA) is 50.1 Å². The first kappa shape index (κ1) is 13.2. The highest BCUT2D eigenvalue weighted by Crippen LogP contribution is 2.30. The Bertz CT molecular complexity index is 408. The molecule has 1 unspecified atom stereocenters. The van der Waals surface area contributed by atoms with E-state index in [4.69, 9.17) is 10.00 Å². The quantitative estimate of drug-likeness (QED) is 0.732. The van der Waals surface area contributed by atoms with Gasteiger partial charge in [-0.25, -0.2) is 0 Å². The number of hydrogen-bond acceptors (Lipinski definition) is 3. The Morgan fingerprint density at radius 2 is 2.06 bits per heavy atom. The lowest BCUT2D eigenvalue weighted by Gasteiger charge is -2.26. The summed E-state index contributed by atoms with van der Waals surface area (Å²) in [6.45, 7) is 3.97. The fourth-order valence-corrected chi connectivity index (χ4v) is 1.77. The second kappa shape index (κ2) is 6.05. The van der Waals surface area contributed by atoms with E-state index in [-0.39, 0.29) is 5.97 Å². The van der Waals surface area contributed by atoms with Crippen molar-refractivity contribution >= 4 is 5.97 Å². The Balaban J connectivity index is 3.02. The normalized spacial score (nSPS) is 13.5. The molecule has 0 heterocycles. The third kappa shape index (κ3) is 3.07. The van der Waals surface area contributed by atoms with Crippen LogP contribution in [0.3, 0.4) is 0 Å².